The van der Waals surface area contributed by atoms with E-state index in [9.17, 15) is 4.79 Å². The average molecular weight is 528 g/mol. The van der Waals surface area contributed by atoms with Gasteiger partial charge in [0.1, 0.15) is 5.75 Å². The van der Waals surface area contributed by atoms with Crippen molar-refractivity contribution in [3.63, 3.8) is 0 Å². The molecule has 0 fully saturated rings. The second-order valence-electron chi connectivity index (χ2n) is 8.23. The van der Waals surface area contributed by atoms with Gasteiger partial charge in [-0.05, 0) is 43.7 Å². The van der Waals surface area contributed by atoms with E-state index in [0.717, 1.165) is 11.3 Å². The van der Waals surface area contributed by atoms with Crippen LogP contribution in [-0.2, 0) is 0 Å². The Kier molecular flexibility index (Phi) is 7.17. The van der Waals surface area contributed by atoms with E-state index < -0.39 is 5.91 Å². The average Bonchev–Trinajstić information content (AvgIpc) is 3.37. The highest BCUT2D eigenvalue weighted by molar-refractivity contribution is 6.04. The number of ether oxygens (including phenoxy) is 4. The number of anilines is 1. The Morgan fingerprint density at radius 1 is 0.974 bits per heavy atom. The molecular weight excluding hydrogens is 502 g/mol. The zero-order valence-electron chi connectivity index (χ0n) is 21.7. The zero-order valence-corrected chi connectivity index (χ0v) is 21.7. The van der Waals surface area contributed by atoms with Crippen LogP contribution in [0.4, 0.5) is 5.82 Å². The number of hydrogen-bond donors (Lipinski definition) is 1. The van der Waals surface area contributed by atoms with E-state index in [4.69, 9.17) is 18.9 Å². The molecule has 5 aromatic rings. The number of nitrogens with zero attached hydrogens (tertiary/aromatic N) is 6. The van der Waals surface area contributed by atoms with Gasteiger partial charge < -0.3 is 24.3 Å². The first kappa shape index (κ1) is 25.4. The normalized spacial score (nSPS) is 10.8. The smallest absolute Gasteiger partial charge is 0.281 e. The Morgan fingerprint density at radius 2 is 1.79 bits per heavy atom. The van der Waals surface area contributed by atoms with E-state index in [1.54, 1.807) is 74.0 Å². The maximum absolute atomic E-state index is 13.1. The van der Waals surface area contributed by atoms with Crippen LogP contribution in [0, 0.1) is 6.92 Å². The third-order valence-corrected chi connectivity index (χ3v) is 5.76. The van der Waals surface area contributed by atoms with Gasteiger partial charge in [-0.2, -0.15) is 5.10 Å². The lowest BCUT2D eigenvalue weighted by atomic mass is 10.2. The number of rotatable bonds is 9. The fraction of sp³-hybridized carbons (Fsp3) is 0.185. The highest BCUT2D eigenvalue weighted by Crippen LogP contribution is 2.36. The summed E-state index contributed by atoms with van der Waals surface area (Å²) >= 11 is 0. The molecule has 5 rings (SSSR count). The first-order valence-electron chi connectivity index (χ1n) is 12.0. The maximum atomic E-state index is 13.1. The molecule has 0 unspecified atom stereocenters. The summed E-state index contributed by atoms with van der Waals surface area (Å²) < 4.78 is 23.9. The van der Waals surface area contributed by atoms with Crippen LogP contribution in [0.1, 0.15) is 23.0 Å². The minimum absolute atomic E-state index is 0.106. The van der Waals surface area contributed by atoms with Crippen LogP contribution in [0.5, 0.6) is 28.9 Å². The standard InChI is InChI=1S/C27H25N7O5/c1-5-38-23-15-34(19-14-28-10-8-16(19)2)33-26(23)27(35)30-24-6-7-25(32-31-24)39-20-9-11-29-18-13-22(37-4)21(36-3)12-17(18)20/h6-15H,5H2,1-4H3,(H,30,31,35). The second-order valence-corrected chi connectivity index (χ2v) is 8.23. The summed E-state index contributed by atoms with van der Waals surface area (Å²) in [5, 5.41) is 16.0. The number of fused-ring (bicyclic) bond motifs is 1. The summed E-state index contributed by atoms with van der Waals surface area (Å²) in [5.74, 6) is 1.88. The highest BCUT2D eigenvalue weighted by atomic mass is 16.5. The molecule has 0 aliphatic carbocycles. The van der Waals surface area contributed by atoms with Gasteiger partial charge in [-0.1, -0.05) is 0 Å². The van der Waals surface area contributed by atoms with Crippen molar-refractivity contribution in [3.05, 3.63) is 72.4 Å². The third-order valence-electron chi connectivity index (χ3n) is 5.76. The maximum Gasteiger partial charge on any atom is 0.281 e. The van der Waals surface area contributed by atoms with Crippen molar-refractivity contribution in [2.45, 2.75) is 13.8 Å². The van der Waals surface area contributed by atoms with Crippen molar-refractivity contribution in [1.82, 2.24) is 29.9 Å². The highest BCUT2D eigenvalue weighted by Gasteiger charge is 2.20. The van der Waals surface area contributed by atoms with Crippen LogP contribution >= 0.6 is 0 Å². The van der Waals surface area contributed by atoms with Crippen molar-refractivity contribution in [2.75, 3.05) is 26.1 Å². The first-order valence-corrected chi connectivity index (χ1v) is 12.0. The number of aromatic nitrogens is 6. The van der Waals surface area contributed by atoms with Gasteiger partial charge in [-0.25, -0.2) is 4.68 Å². The molecule has 4 aromatic heterocycles. The second kappa shape index (κ2) is 11.0. The fourth-order valence-electron chi connectivity index (χ4n) is 3.86. The molecule has 0 atom stereocenters. The Hall–Kier alpha value is -5.26. The summed E-state index contributed by atoms with van der Waals surface area (Å²) in [7, 11) is 3.12. The van der Waals surface area contributed by atoms with Crippen LogP contribution in [0.3, 0.4) is 0 Å². The van der Waals surface area contributed by atoms with Gasteiger partial charge in [-0.15, -0.1) is 10.2 Å². The van der Waals surface area contributed by atoms with Crippen molar-refractivity contribution in [3.8, 4) is 34.6 Å². The number of methoxy groups -OCH3 is 2. The number of amides is 1. The monoisotopic (exact) mass is 527 g/mol. The van der Waals surface area contributed by atoms with E-state index in [0.29, 0.717) is 40.5 Å². The van der Waals surface area contributed by atoms with Crippen molar-refractivity contribution >= 4 is 22.6 Å². The van der Waals surface area contributed by atoms with E-state index >= 15 is 0 Å². The minimum atomic E-state index is -0.497. The number of carbonyl (C=O) groups excluding carboxylic acids is 1. The van der Waals surface area contributed by atoms with E-state index in [1.165, 1.54) is 0 Å². The van der Waals surface area contributed by atoms with Crippen molar-refractivity contribution in [2.24, 2.45) is 0 Å². The molecule has 198 valence electrons. The molecule has 0 spiro atoms. The van der Waals surface area contributed by atoms with Crippen LogP contribution in [0.2, 0.25) is 0 Å². The summed E-state index contributed by atoms with van der Waals surface area (Å²) in [6, 6.07) is 10.3. The van der Waals surface area contributed by atoms with Gasteiger partial charge in [0.05, 0.1) is 44.4 Å². The lowest BCUT2D eigenvalue weighted by molar-refractivity contribution is 0.101. The molecule has 12 heteroatoms. The van der Waals surface area contributed by atoms with Gasteiger partial charge >= 0.3 is 0 Å². The third kappa shape index (κ3) is 5.25. The summed E-state index contributed by atoms with van der Waals surface area (Å²) in [4.78, 5) is 21.6. The Bertz CT molecular complexity index is 1640. The first-order chi connectivity index (χ1) is 19.0. The Labute approximate surface area is 223 Å². The molecule has 4 heterocycles. The van der Waals surface area contributed by atoms with Gasteiger partial charge in [0, 0.05) is 29.9 Å². The molecule has 0 aliphatic heterocycles. The zero-order chi connectivity index (χ0) is 27.4. The molecule has 1 N–H and O–H groups in total. The molecule has 0 aliphatic rings. The van der Waals surface area contributed by atoms with Gasteiger partial charge in [-0.3, -0.25) is 14.8 Å². The van der Waals surface area contributed by atoms with Gasteiger partial charge in [0.2, 0.25) is 5.88 Å². The molecule has 0 bridgehead atoms. The molecule has 0 radical (unpaired) electrons. The van der Waals surface area contributed by atoms with Crippen molar-refractivity contribution in [1.29, 1.82) is 0 Å². The summed E-state index contributed by atoms with van der Waals surface area (Å²) in [6.45, 7) is 4.13. The molecule has 39 heavy (non-hydrogen) atoms. The van der Waals surface area contributed by atoms with E-state index in [1.807, 2.05) is 19.9 Å². The molecule has 12 nitrogen and oxygen atoms in total. The number of hydrogen-bond acceptors (Lipinski definition) is 10. The number of carbonyl (C=O) groups is 1. The molecular formula is C27H25N7O5. The molecule has 0 saturated heterocycles. The predicted molar refractivity (Wildman–Crippen MR) is 142 cm³/mol. The number of aryl methyl sites for hydroxylation is 1. The number of nitrogens with one attached hydrogen (secondary N) is 1. The summed E-state index contributed by atoms with van der Waals surface area (Å²) in [6.07, 6.45) is 6.63. The quantitative estimate of drug-likeness (QED) is 0.294. The predicted octanol–water partition coefficient (Wildman–Crippen LogP) is 4.37. The topological polar surface area (TPSA) is 135 Å². The number of benzene rings is 1. The van der Waals surface area contributed by atoms with E-state index in [-0.39, 0.29) is 17.4 Å². The Balaban J connectivity index is 1.35. The molecule has 1 amide bonds. The van der Waals surface area contributed by atoms with Crippen LogP contribution in [0.15, 0.2) is 61.2 Å². The van der Waals surface area contributed by atoms with Crippen LogP contribution in [-0.4, -0.2) is 56.7 Å². The lowest BCUT2D eigenvalue weighted by Crippen LogP contribution is -2.15. The van der Waals surface area contributed by atoms with Crippen molar-refractivity contribution < 1.29 is 23.7 Å². The van der Waals surface area contributed by atoms with E-state index in [2.05, 4.69) is 30.6 Å². The SMILES string of the molecule is CCOc1cn(-c2cnccc2C)nc1C(=O)Nc1ccc(Oc2ccnc3cc(OC)c(OC)cc23)nn1. The van der Waals surface area contributed by atoms with Gasteiger partial charge in [0.15, 0.2) is 28.8 Å². The fourth-order valence-corrected chi connectivity index (χ4v) is 3.86. The molecule has 1 aromatic carbocycles. The van der Waals surface area contributed by atoms with Crippen LogP contribution < -0.4 is 24.3 Å². The summed E-state index contributed by atoms with van der Waals surface area (Å²) in [5.41, 5.74) is 2.45. The number of pyridine rings is 2. The Morgan fingerprint density at radius 3 is 2.51 bits per heavy atom. The van der Waals surface area contributed by atoms with Gasteiger partial charge in [0.25, 0.3) is 5.91 Å². The largest absolute Gasteiger partial charge is 0.493 e. The minimum Gasteiger partial charge on any atom is -0.493 e. The lowest BCUT2D eigenvalue weighted by Gasteiger charge is -2.12. The molecule has 0 saturated carbocycles. The van der Waals surface area contributed by atoms with Crippen LogP contribution in [0.25, 0.3) is 16.6 Å².